The van der Waals surface area contributed by atoms with E-state index in [4.69, 9.17) is 0 Å². The zero-order valence-electron chi connectivity index (χ0n) is 12.4. The molecule has 3 aromatic rings. The standard InChI is InChI=1S/C17H15N3OS/c1-12-15(13-7-4-3-5-8-13)20(2)17(22-12)19-16(21)14-9-6-10-18-11-14/h3-11H,1-2H3. The molecule has 0 atom stereocenters. The van der Waals surface area contributed by atoms with Crippen LogP contribution in [-0.2, 0) is 7.05 Å². The number of carbonyl (C=O) groups excluding carboxylic acids is 1. The molecule has 0 saturated heterocycles. The fourth-order valence-electron chi connectivity index (χ4n) is 2.32. The highest BCUT2D eigenvalue weighted by Gasteiger charge is 2.11. The van der Waals surface area contributed by atoms with Gasteiger partial charge in [-0.15, -0.1) is 11.3 Å². The van der Waals surface area contributed by atoms with Crippen molar-refractivity contribution in [2.45, 2.75) is 6.92 Å². The molecule has 22 heavy (non-hydrogen) atoms. The van der Waals surface area contributed by atoms with Crippen LogP contribution in [0.25, 0.3) is 11.3 Å². The summed E-state index contributed by atoms with van der Waals surface area (Å²) in [5.41, 5.74) is 2.70. The second kappa shape index (κ2) is 6.07. The van der Waals surface area contributed by atoms with E-state index >= 15 is 0 Å². The molecule has 0 saturated carbocycles. The van der Waals surface area contributed by atoms with Gasteiger partial charge >= 0.3 is 0 Å². The van der Waals surface area contributed by atoms with E-state index in [2.05, 4.69) is 22.1 Å². The van der Waals surface area contributed by atoms with E-state index in [0.717, 1.165) is 16.1 Å². The minimum Gasteiger partial charge on any atom is -0.319 e. The minimum atomic E-state index is -0.274. The van der Waals surface area contributed by atoms with Gasteiger partial charge in [-0.25, -0.2) is 0 Å². The van der Waals surface area contributed by atoms with Crippen LogP contribution in [0.5, 0.6) is 0 Å². The molecule has 0 fully saturated rings. The van der Waals surface area contributed by atoms with E-state index < -0.39 is 0 Å². The normalized spacial score (nSPS) is 11.6. The Bertz CT molecular complexity index is 864. The zero-order valence-corrected chi connectivity index (χ0v) is 13.2. The van der Waals surface area contributed by atoms with Crippen LogP contribution in [0.2, 0.25) is 0 Å². The molecule has 0 aliphatic rings. The molecule has 2 heterocycles. The number of aromatic nitrogens is 2. The summed E-state index contributed by atoms with van der Waals surface area (Å²) in [5.74, 6) is -0.274. The van der Waals surface area contributed by atoms with Crippen LogP contribution in [0.4, 0.5) is 0 Å². The lowest BCUT2D eigenvalue weighted by Crippen LogP contribution is -2.14. The maximum Gasteiger partial charge on any atom is 0.281 e. The van der Waals surface area contributed by atoms with Crippen LogP contribution >= 0.6 is 11.3 Å². The Balaban J connectivity index is 2.07. The number of hydrogen-bond donors (Lipinski definition) is 0. The SMILES string of the molecule is Cc1sc(=NC(=O)c2cccnc2)n(C)c1-c1ccccc1. The second-order valence-corrected chi connectivity index (χ2v) is 6.05. The molecule has 0 radical (unpaired) electrons. The Morgan fingerprint density at radius 1 is 1.18 bits per heavy atom. The van der Waals surface area contributed by atoms with E-state index in [1.807, 2.05) is 36.7 Å². The van der Waals surface area contributed by atoms with Crippen molar-refractivity contribution >= 4 is 17.2 Å². The van der Waals surface area contributed by atoms with Gasteiger partial charge in [-0.2, -0.15) is 4.99 Å². The van der Waals surface area contributed by atoms with Crippen molar-refractivity contribution in [2.24, 2.45) is 12.0 Å². The average molecular weight is 309 g/mol. The maximum absolute atomic E-state index is 12.2. The van der Waals surface area contributed by atoms with Crippen LogP contribution in [0.1, 0.15) is 15.2 Å². The lowest BCUT2D eigenvalue weighted by Gasteiger charge is -2.04. The van der Waals surface area contributed by atoms with Crippen LogP contribution in [0, 0.1) is 6.92 Å². The first-order valence-electron chi connectivity index (χ1n) is 6.88. The average Bonchev–Trinajstić information content (AvgIpc) is 2.83. The molecule has 110 valence electrons. The molecule has 4 nitrogen and oxygen atoms in total. The molecule has 0 aliphatic carbocycles. The van der Waals surface area contributed by atoms with Crippen molar-refractivity contribution in [2.75, 3.05) is 0 Å². The fourth-order valence-corrected chi connectivity index (χ4v) is 3.30. The van der Waals surface area contributed by atoms with Gasteiger partial charge in [0.15, 0.2) is 4.80 Å². The van der Waals surface area contributed by atoms with E-state index in [1.165, 1.54) is 17.5 Å². The summed E-state index contributed by atoms with van der Waals surface area (Å²) in [6.07, 6.45) is 3.17. The summed E-state index contributed by atoms with van der Waals surface area (Å²) < 4.78 is 1.96. The van der Waals surface area contributed by atoms with Gasteiger partial charge < -0.3 is 4.57 Å². The van der Waals surface area contributed by atoms with Crippen LogP contribution in [-0.4, -0.2) is 15.5 Å². The van der Waals surface area contributed by atoms with Gasteiger partial charge in [0.1, 0.15) is 0 Å². The second-order valence-electron chi connectivity index (χ2n) is 4.87. The van der Waals surface area contributed by atoms with E-state index in [1.54, 1.807) is 18.3 Å². The topological polar surface area (TPSA) is 47.2 Å². The number of pyridine rings is 1. The first kappa shape index (κ1) is 14.4. The Labute approximate surface area is 132 Å². The number of hydrogen-bond acceptors (Lipinski definition) is 3. The van der Waals surface area contributed by atoms with E-state index in [-0.39, 0.29) is 5.91 Å². The molecule has 0 N–H and O–H groups in total. The lowest BCUT2D eigenvalue weighted by molar-refractivity contribution is 0.0997. The van der Waals surface area contributed by atoms with Gasteiger partial charge in [0, 0.05) is 24.3 Å². The summed E-state index contributed by atoms with van der Waals surface area (Å²) in [6.45, 7) is 2.04. The van der Waals surface area contributed by atoms with Crippen molar-refractivity contribution in [1.82, 2.24) is 9.55 Å². The first-order valence-corrected chi connectivity index (χ1v) is 7.69. The highest BCUT2D eigenvalue weighted by Crippen LogP contribution is 2.23. The molecule has 0 spiro atoms. The van der Waals surface area contributed by atoms with Gasteiger partial charge in [-0.1, -0.05) is 30.3 Å². The number of benzene rings is 1. The highest BCUT2D eigenvalue weighted by molar-refractivity contribution is 7.09. The smallest absolute Gasteiger partial charge is 0.281 e. The van der Waals surface area contributed by atoms with Crippen LogP contribution in [0.15, 0.2) is 59.9 Å². The monoisotopic (exact) mass is 309 g/mol. The first-order chi connectivity index (χ1) is 10.7. The van der Waals surface area contributed by atoms with Gasteiger partial charge in [0.2, 0.25) is 0 Å². The summed E-state index contributed by atoms with van der Waals surface area (Å²) >= 11 is 1.51. The number of thiazole rings is 1. The predicted octanol–water partition coefficient (Wildman–Crippen LogP) is 3.20. The number of nitrogens with zero attached hydrogens (tertiary/aromatic N) is 3. The maximum atomic E-state index is 12.2. The number of aryl methyl sites for hydroxylation is 1. The van der Waals surface area contributed by atoms with Crippen molar-refractivity contribution in [3.63, 3.8) is 0 Å². The Morgan fingerprint density at radius 3 is 2.64 bits per heavy atom. The van der Waals surface area contributed by atoms with Crippen molar-refractivity contribution in [1.29, 1.82) is 0 Å². The van der Waals surface area contributed by atoms with Gasteiger partial charge in [0.05, 0.1) is 11.3 Å². The van der Waals surface area contributed by atoms with E-state index in [9.17, 15) is 4.79 Å². The largest absolute Gasteiger partial charge is 0.319 e. The number of rotatable bonds is 2. The number of carbonyl (C=O) groups is 1. The fraction of sp³-hybridized carbons (Fsp3) is 0.118. The molecule has 0 bridgehead atoms. The van der Waals surface area contributed by atoms with Gasteiger partial charge in [-0.3, -0.25) is 9.78 Å². The Morgan fingerprint density at radius 2 is 1.95 bits per heavy atom. The molecule has 0 aliphatic heterocycles. The molecular weight excluding hydrogens is 294 g/mol. The molecule has 5 heteroatoms. The van der Waals surface area contributed by atoms with Crippen molar-refractivity contribution in [3.05, 3.63) is 70.1 Å². The lowest BCUT2D eigenvalue weighted by atomic mass is 10.1. The summed E-state index contributed by atoms with van der Waals surface area (Å²) in [5, 5.41) is 0. The summed E-state index contributed by atoms with van der Waals surface area (Å²) in [6, 6.07) is 13.6. The predicted molar refractivity (Wildman–Crippen MR) is 87.6 cm³/mol. The highest BCUT2D eigenvalue weighted by atomic mass is 32.1. The Kier molecular flexibility index (Phi) is 3.98. The summed E-state index contributed by atoms with van der Waals surface area (Å²) in [7, 11) is 1.93. The number of amides is 1. The molecule has 0 unspecified atom stereocenters. The summed E-state index contributed by atoms with van der Waals surface area (Å²) in [4.78, 5) is 22.2. The quantitative estimate of drug-likeness (QED) is 0.730. The van der Waals surface area contributed by atoms with Crippen molar-refractivity contribution < 1.29 is 4.79 Å². The third-order valence-corrected chi connectivity index (χ3v) is 4.40. The minimum absolute atomic E-state index is 0.274. The molecule has 3 rings (SSSR count). The van der Waals surface area contributed by atoms with Crippen LogP contribution in [0.3, 0.4) is 0 Å². The Hall–Kier alpha value is -2.53. The third kappa shape index (κ3) is 2.76. The van der Waals surface area contributed by atoms with Gasteiger partial charge in [0.25, 0.3) is 5.91 Å². The molecule has 1 amide bonds. The van der Waals surface area contributed by atoms with E-state index in [0.29, 0.717) is 10.4 Å². The third-order valence-electron chi connectivity index (χ3n) is 3.35. The molecule has 1 aromatic carbocycles. The van der Waals surface area contributed by atoms with Crippen molar-refractivity contribution in [3.8, 4) is 11.3 Å². The zero-order chi connectivity index (χ0) is 15.5. The molecular formula is C17H15N3OS. The van der Waals surface area contributed by atoms with Crippen LogP contribution < -0.4 is 4.80 Å². The van der Waals surface area contributed by atoms with Gasteiger partial charge in [-0.05, 0) is 24.6 Å². The molecule has 2 aromatic heterocycles.